The number of para-hydroxylation sites is 1. The van der Waals surface area contributed by atoms with Crippen LogP contribution in [0.25, 0.3) is 0 Å². The average Bonchev–Trinajstić information content (AvgIpc) is 3.11. The van der Waals surface area contributed by atoms with Crippen LogP contribution in [0.2, 0.25) is 0 Å². The summed E-state index contributed by atoms with van der Waals surface area (Å²) >= 11 is 0. The van der Waals surface area contributed by atoms with Gasteiger partial charge >= 0.3 is 0 Å². The monoisotopic (exact) mass is 367 g/mol. The molecule has 0 saturated carbocycles. The van der Waals surface area contributed by atoms with Crippen molar-refractivity contribution in [2.45, 2.75) is 44.7 Å². The third kappa shape index (κ3) is 3.79. The number of benzene rings is 1. The second-order valence-electron chi connectivity index (χ2n) is 6.98. The van der Waals surface area contributed by atoms with Crippen LogP contribution < -0.4 is 16.0 Å². The molecule has 27 heavy (non-hydrogen) atoms. The van der Waals surface area contributed by atoms with E-state index in [4.69, 9.17) is 0 Å². The number of hydrogen-bond donors (Lipinski definition) is 3. The molecule has 0 radical (unpaired) electrons. The van der Waals surface area contributed by atoms with Gasteiger partial charge in [0.15, 0.2) is 11.8 Å². The Morgan fingerprint density at radius 1 is 1.30 bits per heavy atom. The Labute approximate surface area is 158 Å². The third-order valence-corrected chi connectivity index (χ3v) is 5.20. The van der Waals surface area contributed by atoms with Crippen LogP contribution in [0.1, 0.15) is 42.4 Å². The summed E-state index contributed by atoms with van der Waals surface area (Å²) in [5, 5.41) is 18.2. The first-order valence-corrected chi connectivity index (χ1v) is 9.49. The summed E-state index contributed by atoms with van der Waals surface area (Å²) in [6.07, 6.45) is 3.83. The van der Waals surface area contributed by atoms with E-state index in [1.807, 2.05) is 18.2 Å². The Hall–Kier alpha value is -2.90. The zero-order chi connectivity index (χ0) is 18.6. The molecule has 1 atom stereocenters. The maximum Gasteiger partial charge on any atom is 0.225 e. The van der Waals surface area contributed by atoms with E-state index in [1.54, 1.807) is 7.05 Å². The lowest BCUT2D eigenvalue weighted by atomic mass is 9.90. The van der Waals surface area contributed by atoms with Gasteiger partial charge in [-0.3, -0.25) is 9.79 Å². The molecule has 0 spiro atoms. The fourth-order valence-electron chi connectivity index (χ4n) is 3.79. The van der Waals surface area contributed by atoms with Gasteiger partial charge in [0.2, 0.25) is 5.91 Å². The lowest BCUT2D eigenvalue weighted by Crippen LogP contribution is -2.40. The maximum atomic E-state index is 12.0. The van der Waals surface area contributed by atoms with E-state index >= 15 is 0 Å². The number of carbonyl (C=O) groups excluding carboxylic acids is 1. The molecule has 0 aliphatic carbocycles. The van der Waals surface area contributed by atoms with Gasteiger partial charge in [0.1, 0.15) is 5.82 Å². The predicted octanol–water partition coefficient (Wildman–Crippen LogP) is 1.41. The lowest BCUT2D eigenvalue weighted by molar-refractivity contribution is -0.116. The van der Waals surface area contributed by atoms with Crippen molar-refractivity contribution in [1.82, 2.24) is 25.4 Å². The van der Waals surface area contributed by atoms with Gasteiger partial charge < -0.3 is 20.5 Å². The van der Waals surface area contributed by atoms with Crippen LogP contribution in [0.4, 0.5) is 5.69 Å². The van der Waals surface area contributed by atoms with Gasteiger partial charge in [-0.05, 0) is 24.5 Å². The number of hydrogen-bond acceptors (Lipinski definition) is 4. The minimum atomic E-state index is 0.0542. The first kappa shape index (κ1) is 17.5. The van der Waals surface area contributed by atoms with Crippen LogP contribution in [0.15, 0.2) is 29.3 Å². The molecule has 4 rings (SSSR count). The van der Waals surface area contributed by atoms with E-state index in [9.17, 15) is 4.79 Å². The number of aromatic nitrogens is 3. The first-order chi connectivity index (χ1) is 13.2. The number of amides is 1. The molecule has 1 aromatic heterocycles. The standard InChI is InChI=1S/C19H25N7O/c1-20-19(22-12-17-25-24-16-8-4-5-9-26(16)17)21-11-13-10-18(27)23-15-7-3-2-6-14(13)15/h2-3,6-7,13H,4-5,8-12H2,1H3,(H,23,27)(H2,20,21,22). The molecule has 8 nitrogen and oxygen atoms in total. The van der Waals surface area contributed by atoms with Gasteiger partial charge in [-0.2, -0.15) is 0 Å². The molecular formula is C19H25N7O. The molecule has 1 unspecified atom stereocenters. The van der Waals surface area contributed by atoms with Gasteiger partial charge in [0, 0.05) is 44.6 Å². The van der Waals surface area contributed by atoms with Crippen molar-refractivity contribution in [2.75, 3.05) is 18.9 Å². The first-order valence-electron chi connectivity index (χ1n) is 9.49. The SMILES string of the molecule is CN=C(NCc1nnc2n1CCCC2)NCC1CC(=O)Nc2ccccc21. The molecule has 0 fully saturated rings. The molecule has 2 aromatic rings. The molecule has 142 valence electrons. The summed E-state index contributed by atoms with van der Waals surface area (Å²) in [6, 6.07) is 7.96. The molecule has 1 amide bonds. The predicted molar refractivity (Wildman–Crippen MR) is 104 cm³/mol. The highest BCUT2D eigenvalue weighted by Crippen LogP contribution is 2.31. The average molecular weight is 367 g/mol. The van der Waals surface area contributed by atoms with Crippen molar-refractivity contribution < 1.29 is 4.79 Å². The molecule has 3 heterocycles. The summed E-state index contributed by atoms with van der Waals surface area (Å²) in [7, 11) is 1.75. The van der Waals surface area contributed by atoms with Gasteiger partial charge in [-0.25, -0.2) is 0 Å². The van der Waals surface area contributed by atoms with Crippen LogP contribution in [0, 0.1) is 0 Å². The summed E-state index contributed by atoms with van der Waals surface area (Å²) in [5.74, 6) is 2.89. The number of aliphatic imine (C=N–C) groups is 1. The van der Waals surface area contributed by atoms with Gasteiger partial charge in [-0.1, -0.05) is 18.2 Å². The number of nitrogens with one attached hydrogen (secondary N) is 3. The molecular weight excluding hydrogens is 342 g/mol. The van der Waals surface area contributed by atoms with E-state index in [0.29, 0.717) is 25.5 Å². The Morgan fingerprint density at radius 3 is 3.07 bits per heavy atom. The molecule has 2 aliphatic rings. The number of anilines is 1. The number of nitrogens with zero attached hydrogens (tertiary/aromatic N) is 4. The Morgan fingerprint density at radius 2 is 2.19 bits per heavy atom. The second kappa shape index (κ2) is 7.77. The lowest BCUT2D eigenvalue weighted by Gasteiger charge is -2.26. The molecule has 2 aliphatic heterocycles. The summed E-state index contributed by atoms with van der Waals surface area (Å²) in [5.41, 5.74) is 2.06. The topological polar surface area (TPSA) is 96.2 Å². The number of fused-ring (bicyclic) bond motifs is 2. The number of aryl methyl sites for hydroxylation is 1. The van der Waals surface area contributed by atoms with Crippen molar-refractivity contribution >= 4 is 17.6 Å². The van der Waals surface area contributed by atoms with E-state index in [-0.39, 0.29) is 11.8 Å². The Bertz CT molecular complexity index is 857. The van der Waals surface area contributed by atoms with Crippen LogP contribution in [0.5, 0.6) is 0 Å². The van der Waals surface area contributed by atoms with E-state index in [2.05, 4.69) is 41.8 Å². The summed E-state index contributed by atoms with van der Waals surface area (Å²) in [6.45, 7) is 2.20. The Balaban J connectivity index is 1.36. The van der Waals surface area contributed by atoms with E-state index < -0.39 is 0 Å². The smallest absolute Gasteiger partial charge is 0.225 e. The second-order valence-corrected chi connectivity index (χ2v) is 6.98. The zero-order valence-corrected chi connectivity index (χ0v) is 15.5. The van der Waals surface area contributed by atoms with Crippen molar-refractivity contribution in [3.8, 4) is 0 Å². The highest BCUT2D eigenvalue weighted by molar-refractivity contribution is 5.94. The molecule has 3 N–H and O–H groups in total. The quantitative estimate of drug-likeness (QED) is 0.561. The number of carbonyl (C=O) groups is 1. The van der Waals surface area contributed by atoms with Gasteiger partial charge in [0.05, 0.1) is 6.54 Å². The molecule has 0 bridgehead atoms. The fourth-order valence-corrected chi connectivity index (χ4v) is 3.79. The summed E-state index contributed by atoms with van der Waals surface area (Å²) < 4.78 is 2.20. The molecule has 0 saturated heterocycles. The number of rotatable bonds is 4. The van der Waals surface area contributed by atoms with Crippen molar-refractivity contribution in [2.24, 2.45) is 4.99 Å². The minimum absolute atomic E-state index is 0.0542. The number of guanidine groups is 1. The molecule has 1 aromatic carbocycles. The van der Waals surface area contributed by atoms with Crippen molar-refractivity contribution in [3.05, 3.63) is 41.5 Å². The van der Waals surface area contributed by atoms with E-state index in [1.165, 1.54) is 12.8 Å². The largest absolute Gasteiger partial charge is 0.356 e. The van der Waals surface area contributed by atoms with Crippen molar-refractivity contribution in [1.29, 1.82) is 0 Å². The van der Waals surface area contributed by atoms with Gasteiger partial charge in [-0.15, -0.1) is 10.2 Å². The van der Waals surface area contributed by atoms with Gasteiger partial charge in [0.25, 0.3) is 0 Å². The fraction of sp³-hybridized carbons (Fsp3) is 0.474. The van der Waals surface area contributed by atoms with Crippen LogP contribution in [0.3, 0.4) is 0 Å². The zero-order valence-electron chi connectivity index (χ0n) is 15.5. The Kier molecular flexibility index (Phi) is 5.04. The minimum Gasteiger partial charge on any atom is -0.356 e. The van der Waals surface area contributed by atoms with Crippen LogP contribution >= 0.6 is 0 Å². The van der Waals surface area contributed by atoms with E-state index in [0.717, 1.165) is 35.9 Å². The van der Waals surface area contributed by atoms with Crippen LogP contribution in [-0.4, -0.2) is 40.2 Å². The van der Waals surface area contributed by atoms with Crippen molar-refractivity contribution in [3.63, 3.8) is 0 Å². The maximum absolute atomic E-state index is 12.0. The summed E-state index contributed by atoms with van der Waals surface area (Å²) in [4.78, 5) is 16.3. The highest BCUT2D eigenvalue weighted by atomic mass is 16.1. The van der Waals surface area contributed by atoms with Crippen LogP contribution in [-0.2, 0) is 24.3 Å². The third-order valence-electron chi connectivity index (χ3n) is 5.20. The highest BCUT2D eigenvalue weighted by Gasteiger charge is 2.24. The molecule has 8 heteroatoms. The normalized spacial score (nSPS) is 19.1.